The van der Waals surface area contributed by atoms with Gasteiger partial charge in [0.1, 0.15) is 0 Å². The van der Waals surface area contributed by atoms with E-state index in [1.54, 1.807) is 0 Å². The van der Waals surface area contributed by atoms with Crippen molar-refractivity contribution in [2.45, 2.75) is 65.2 Å². The fraction of sp³-hybridized carbons (Fsp3) is 0.667. The van der Waals surface area contributed by atoms with E-state index in [2.05, 4.69) is 39.8 Å². The Kier molecular flexibility index (Phi) is 6.36. The Morgan fingerprint density at radius 3 is 2.17 bits per heavy atom. The lowest BCUT2D eigenvalue weighted by molar-refractivity contribution is -0.128. The molecule has 2 rings (SSSR count). The number of nitrogens with two attached hydrogens (primary N) is 1. The van der Waals surface area contributed by atoms with Gasteiger partial charge in [-0.05, 0) is 60.1 Å². The van der Waals surface area contributed by atoms with Crippen LogP contribution in [0.15, 0.2) is 24.3 Å². The highest BCUT2D eigenvalue weighted by Crippen LogP contribution is 2.55. The summed E-state index contributed by atoms with van der Waals surface area (Å²) in [7, 11) is 0. The molecule has 0 saturated heterocycles. The Hall–Kier alpha value is -1.02. The molecule has 1 fully saturated rings. The van der Waals surface area contributed by atoms with Crippen molar-refractivity contribution >= 4 is 17.5 Å². The van der Waals surface area contributed by atoms with E-state index >= 15 is 0 Å². The number of halogens is 1. The number of carbonyl (C=O) groups excluding carboxylic acids is 1. The summed E-state index contributed by atoms with van der Waals surface area (Å²) in [5.41, 5.74) is 7.32. The second-order valence-corrected chi connectivity index (χ2v) is 8.50. The van der Waals surface area contributed by atoms with Gasteiger partial charge >= 0.3 is 0 Å². The van der Waals surface area contributed by atoms with Crippen LogP contribution in [0.5, 0.6) is 0 Å². The zero-order valence-corrected chi connectivity index (χ0v) is 16.3. The summed E-state index contributed by atoms with van der Waals surface area (Å²) in [5, 5.41) is 0.766. The number of hydrogen-bond donors (Lipinski definition) is 1. The highest BCUT2D eigenvalue weighted by atomic mass is 35.5. The minimum absolute atomic E-state index is 0.0617. The van der Waals surface area contributed by atoms with Gasteiger partial charge in [0.2, 0.25) is 5.91 Å². The average Bonchev–Trinajstić information content (AvgIpc) is 2.47. The van der Waals surface area contributed by atoms with E-state index < -0.39 is 0 Å². The zero-order chi connectivity index (χ0) is 17.9. The van der Waals surface area contributed by atoms with Gasteiger partial charge in [-0.1, -0.05) is 64.3 Å². The van der Waals surface area contributed by atoms with E-state index in [0.29, 0.717) is 17.8 Å². The fourth-order valence-electron chi connectivity index (χ4n) is 4.57. The number of amides is 1. The second kappa shape index (κ2) is 7.91. The lowest BCUT2D eigenvalue weighted by atomic mass is 9.52. The van der Waals surface area contributed by atoms with Crippen molar-refractivity contribution in [3.05, 3.63) is 34.9 Å². The summed E-state index contributed by atoms with van der Waals surface area (Å²) >= 11 is 6.10. The third-order valence-corrected chi connectivity index (χ3v) is 6.37. The van der Waals surface area contributed by atoms with Crippen LogP contribution in [0.3, 0.4) is 0 Å². The average molecular weight is 350 g/mol. The molecule has 3 atom stereocenters. The molecule has 0 aliphatic heterocycles. The minimum Gasteiger partial charge on any atom is -0.369 e. The van der Waals surface area contributed by atoms with Crippen LogP contribution in [-0.2, 0) is 10.2 Å². The van der Waals surface area contributed by atoms with Crippen LogP contribution in [0.1, 0.15) is 65.4 Å². The fourth-order valence-corrected chi connectivity index (χ4v) is 4.69. The Balaban J connectivity index is 2.47. The SMILES string of the molecule is CCC(C)C(C(N)=O)[C@@H](CC(C)C)C1(c2ccc(Cl)cc2)CCC1. The third-order valence-electron chi connectivity index (χ3n) is 6.12. The zero-order valence-electron chi connectivity index (χ0n) is 15.5. The van der Waals surface area contributed by atoms with Gasteiger partial charge in [-0.25, -0.2) is 0 Å². The third kappa shape index (κ3) is 3.79. The van der Waals surface area contributed by atoms with Crippen LogP contribution in [0.4, 0.5) is 0 Å². The first-order valence-corrected chi connectivity index (χ1v) is 9.75. The van der Waals surface area contributed by atoms with Gasteiger partial charge in [-0.2, -0.15) is 0 Å². The molecule has 134 valence electrons. The van der Waals surface area contributed by atoms with E-state index in [1.807, 2.05) is 12.1 Å². The van der Waals surface area contributed by atoms with Crippen LogP contribution < -0.4 is 5.73 Å². The Morgan fingerprint density at radius 2 is 1.79 bits per heavy atom. The largest absolute Gasteiger partial charge is 0.369 e. The number of benzene rings is 1. The summed E-state index contributed by atoms with van der Waals surface area (Å²) < 4.78 is 0. The minimum atomic E-state index is -0.129. The molecule has 0 aromatic heterocycles. The predicted octanol–water partition coefficient (Wildman–Crippen LogP) is 5.57. The van der Waals surface area contributed by atoms with Crippen LogP contribution in [0, 0.1) is 23.7 Å². The predicted molar refractivity (Wildman–Crippen MR) is 102 cm³/mol. The van der Waals surface area contributed by atoms with Gasteiger partial charge in [0.05, 0.1) is 0 Å². The molecular formula is C21H32ClNO. The number of primary amides is 1. The van der Waals surface area contributed by atoms with E-state index in [0.717, 1.165) is 30.7 Å². The maximum absolute atomic E-state index is 12.4. The van der Waals surface area contributed by atoms with Crippen LogP contribution >= 0.6 is 11.6 Å². The van der Waals surface area contributed by atoms with Crippen molar-refractivity contribution in [2.24, 2.45) is 29.4 Å². The second-order valence-electron chi connectivity index (χ2n) is 8.07. The monoisotopic (exact) mass is 349 g/mol. The van der Waals surface area contributed by atoms with Gasteiger partial charge in [-0.15, -0.1) is 0 Å². The van der Waals surface area contributed by atoms with Gasteiger partial charge < -0.3 is 5.73 Å². The number of carbonyl (C=O) groups is 1. The van der Waals surface area contributed by atoms with Crippen LogP contribution in [-0.4, -0.2) is 5.91 Å². The first kappa shape index (κ1) is 19.3. The van der Waals surface area contributed by atoms with Gasteiger partial charge in [0.25, 0.3) is 0 Å². The molecule has 2 unspecified atom stereocenters. The summed E-state index contributed by atoms with van der Waals surface area (Å²) in [5.74, 6) is 0.977. The highest BCUT2D eigenvalue weighted by molar-refractivity contribution is 6.30. The van der Waals surface area contributed by atoms with Gasteiger partial charge in [0.15, 0.2) is 0 Å². The molecule has 0 spiro atoms. The number of rotatable bonds is 8. The molecule has 1 aromatic rings. The Bertz CT molecular complexity index is 547. The first-order valence-electron chi connectivity index (χ1n) is 9.37. The lowest BCUT2D eigenvalue weighted by Gasteiger charge is -2.52. The molecule has 2 nitrogen and oxygen atoms in total. The molecule has 0 bridgehead atoms. The summed E-state index contributed by atoms with van der Waals surface area (Å²) in [6.45, 7) is 8.82. The Morgan fingerprint density at radius 1 is 1.21 bits per heavy atom. The van der Waals surface area contributed by atoms with Crippen molar-refractivity contribution in [3.63, 3.8) is 0 Å². The lowest BCUT2D eigenvalue weighted by Crippen LogP contribution is -2.50. The topological polar surface area (TPSA) is 43.1 Å². The number of hydrogen-bond acceptors (Lipinski definition) is 1. The molecule has 1 aliphatic carbocycles. The molecule has 1 aliphatic rings. The van der Waals surface area contributed by atoms with E-state index in [9.17, 15) is 4.79 Å². The molecule has 1 amide bonds. The Labute approximate surface area is 152 Å². The quantitative estimate of drug-likeness (QED) is 0.654. The summed E-state index contributed by atoms with van der Waals surface area (Å²) in [4.78, 5) is 12.4. The summed E-state index contributed by atoms with van der Waals surface area (Å²) in [6.07, 6.45) is 5.54. The first-order chi connectivity index (χ1) is 11.3. The standard InChI is InChI=1S/C21H32ClNO/c1-5-15(4)19(20(23)24)18(13-14(2)3)21(11-6-12-21)16-7-9-17(22)10-8-16/h7-10,14-15,18-19H,5-6,11-13H2,1-4H3,(H2,23,24)/t15?,18-,19?/m1/s1. The van der Waals surface area contributed by atoms with Crippen molar-refractivity contribution in [2.75, 3.05) is 0 Å². The van der Waals surface area contributed by atoms with Crippen LogP contribution in [0.2, 0.25) is 5.02 Å². The smallest absolute Gasteiger partial charge is 0.221 e. The van der Waals surface area contributed by atoms with Crippen molar-refractivity contribution in [3.8, 4) is 0 Å². The van der Waals surface area contributed by atoms with Crippen molar-refractivity contribution in [1.82, 2.24) is 0 Å². The van der Waals surface area contributed by atoms with Gasteiger partial charge in [0, 0.05) is 10.9 Å². The van der Waals surface area contributed by atoms with Crippen molar-refractivity contribution < 1.29 is 4.79 Å². The molecule has 0 radical (unpaired) electrons. The van der Waals surface area contributed by atoms with E-state index in [-0.39, 0.29) is 17.2 Å². The van der Waals surface area contributed by atoms with E-state index in [4.69, 9.17) is 17.3 Å². The van der Waals surface area contributed by atoms with Crippen LogP contribution in [0.25, 0.3) is 0 Å². The normalized spacial score (nSPS) is 20.2. The maximum atomic E-state index is 12.4. The maximum Gasteiger partial charge on any atom is 0.221 e. The van der Waals surface area contributed by atoms with Crippen molar-refractivity contribution in [1.29, 1.82) is 0 Å². The van der Waals surface area contributed by atoms with Gasteiger partial charge in [-0.3, -0.25) is 4.79 Å². The molecular weight excluding hydrogens is 318 g/mol. The molecule has 1 saturated carbocycles. The highest BCUT2D eigenvalue weighted by Gasteiger charge is 2.50. The molecule has 2 N–H and O–H groups in total. The molecule has 3 heteroatoms. The summed E-state index contributed by atoms with van der Waals surface area (Å²) in [6, 6.07) is 8.27. The molecule has 1 aromatic carbocycles. The molecule has 0 heterocycles. The molecule has 24 heavy (non-hydrogen) atoms. The van der Waals surface area contributed by atoms with E-state index in [1.165, 1.54) is 12.0 Å².